The summed E-state index contributed by atoms with van der Waals surface area (Å²) in [5, 5.41) is 0. The van der Waals surface area contributed by atoms with Crippen LogP contribution < -0.4 is 9.80 Å². The molecular formula is C19H21N3O2. The summed E-state index contributed by atoms with van der Waals surface area (Å²) in [7, 11) is 3.90. The number of rotatable bonds is 4. The molecule has 2 aromatic rings. The quantitative estimate of drug-likeness (QED) is 0.809. The van der Waals surface area contributed by atoms with E-state index < -0.39 is 0 Å². The van der Waals surface area contributed by atoms with E-state index in [1.807, 2.05) is 78.5 Å². The van der Waals surface area contributed by atoms with Gasteiger partial charge in [0.25, 0.3) is 0 Å². The number of benzene rings is 2. The molecule has 3 rings (SSSR count). The first-order chi connectivity index (χ1) is 11.5. The molecule has 5 heteroatoms. The zero-order chi connectivity index (χ0) is 17.1. The average Bonchev–Trinajstić information content (AvgIpc) is 2.55. The van der Waals surface area contributed by atoms with Crippen LogP contribution in [0.2, 0.25) is 0 Å². The molecule has 5 nitrogen and oxygen atoms in total. The van der Waals surface area contributed by atoms with Crippen molar-refractivity contribution >= 4 is 23.2 Å². The summed E-state index contributed by atoms with van der Waals surface area (Å²) in [5.74, 6) is -0.362. The minimum absolute atomic E-state index is 0.181. The highest BCUT2D eigenvalue weighted by molar-refractivity contribution is 6.17. The number of anilines is 2. The molecule has 0 saturated carbocycles. The van der Waals surface area contributed by atoms with Gasteiger partial charge in [0, 0.05) is 26.3 Å². The number of carbonyl (C=O) groups is 2. The number of hydrogen-bond donors (Lipinski definition) is 0. The highest BCUT2D eigenvalue weighted by Gasteiger charge is 2.32. The normalized spacial score (nSPS) is 15.7. The summed E-state index contributed by atoms with van der Waals surface area (Å²) in [4.78, 5) is 30.1. The summed E-state index contributed by atoms with van der Waals surface area (Å²) in [6.07, 6.45) is 0. The first-order valence-corrected chi connectivity index (χ1v) is 7.94. The Morgan fingerprint density at radius 3 is 2.00 bits per heavy atom. The van der Waals surface area contributed by atoms with Gasteiger partial charge in [0.05, 0.1) is 18.8 Å². The molecule has 0 atom stereocenters. The second-order valence-corrected chi connectivity index (χ2v) is 6.16. The monoisotopic (exact) mass is 323 g/mol. The number of imide groups is 1. The molecule has 1 aliphatic heterocycles. The van der Waals surface area contributed by atoms with E-state index in [0.717, 1.165) is 11.3 Å². The van der Waals surface area contributed by atoms with E-state index in [4.69, 9.17) is 0 Å². The third kappa shape index (κ3) is 3.46. The lowest BCUT2D eigenvalue weighted by molar-refractivity contribution is -0.132. The molecule has 1 fully saturated rings. The molecule has 24 heavy (non-hydrogen) atoms. The predicted molar refractivity (Wildman–Crippen MR) is 95.0 cm³/mol. The molecule has 0 aliphatic carbocycles. The number of nitrogens with zero attached hydrogens (tertiary/aromatic N) is 3. The third-order valence-electron chi connectivity index (χ3n) is 4.09. The van der Waals surface area contributed by atoms with Gasteiger partial charge in [0.15, 0.2) is 0 Å². The van der Waals surface area contributed by atoms with Gasteiger partial charge in [-0.2, -0.15) is 0 Å². The van der Waals surface area contributed by atoms with Crippen molar-refractivity contribution in [2.45, 2.75) is 6.54 Å². The maximum atomic E-state index is 12.5. The van der Waals surface area contributed by atoms with E-state index in [1.165, 1.54) is 4.90 Å². The topological polar surface area (TPSA) is 43.9 Å². The average molecular weight is 323 g/mol. The Hall–Kier alpha value is -2.66. The van der Waals surface area contributed by atoms with Gasteiger partial charge in [-0.3, -0.25) is 14.5 Å². The van der Waals surface area contributed by atoms with E-state index in [-0.39, 0.29) is 24.9 Å². The molecule has 0 aromatic heterocycles. The Balaban J connectivity index is 1.72. The molecule has 0 unspecified atom stereocenters. The molecular weight excluding hydrogens is 302 g/mol. The highest BCUT2D eigenvalue weighted by atomic mass is 16.2. The van der Waals surface area contributed by atoms with Crippen molar-refractivity contribution in [1.82, 2.24) is 4.90 Å². The van der Waals surface area contributed by atoms with Gasteiger partial charge in [-0.25, -0.2) is 4.90 Å². The second-order valence-electron chi connectivity index (χ2n) is 6.16. The van der Waals surface area contributed by atoms with Crippen molar-refractivity contribution < 1.29 is 9.59 Å². The molecule has 1 saturated heterocycles. The molecule has 2 amide bonds. The Morgan fingerprint density at radius 1 is 0.875 bits per heavy atom. The van der Waals surface area contributed by atoms with Gasteiger partial charge in [0.2, 0.25) is 11.8 Å². The summed E-state index contributed by atoms with van der Waals surface area (Å²) < 4.78 is 0. The van der Waals surface area contributed by atoms with Crippen LogP contribution in [-0.2, 0) is 16.1 Å². The minimum atomic E-state index is -0.181. The Kier molecular flexibility index (Phi) is 4.62. The number of piperazine rings is 1. The third-order valence-corrected chi connectivity index (χ3v) is 4.09. The van der Waals surface area contributed by atoms with Crippen LogP contribution in [0.1, 0.15) is 5.56 Å². The number of amides is 2. The Bertz CT molecular complexity index is 708. The molecule has 0 spiro atoms. The van der Waals surface area contributed by atoms with E-state index in [0.29, 0.717) is 12.2 Å². The zero-order valence-corrected chi connectivity index (χ0v) is 14.0. The maximum absolute atomic E-state index is 12.5. The standard InChI is InChI=1S/C19H21N3O2/c1-20(2)16-8-10-17(11-9-16)22-18(23)13-21(14-19(22)24)12-15-6-4-3-5-7-15/h3-11H,12-14H2,1-2H3. The van der Waals surface area contributed by atoms with Crippen LogP contribution in [0.25, 0.3) is 0 Å². The lowest BCUT2D eigenvalue weighted by Gasteiger charge is -2.32. The largest absolute Gasteiger partial charge is 0.378 e. The van der Waals surface area contributed by atoms with Crippen molar-refractivity contribution in [2.75, 3.05) is 37.0 Å². The smallest absolute Gasteiger partial charge is 0.247 e. The molecule has 1 heterocycles. The van der Waals surface area contributed by atoms with Gasteiger partial charge in [-0.05, 0) is 29.8 Å². The van der Waals surface area contributed by atoms with E-state index in [9.17, 15) is 9.59 Å². The number of carbonyl (C=O) groups excluding carboxylic acids is 2. The van der Waals surface area contributed by atoms with Crippen LogP contribution in [0, 0.1) is 0 Å². The van der Waals surface area contributed by atoms with Gasteiger partial charge >= 0.3 is 0 Å². The molecule has 1 aliphatic rings. The predicted octanol–water partition coefficient (Wildman–Crippen LogP) is 2.13. The van der Waals surface area contributed by atoms with Gasteiger partial charge in [-0.1, -0.05) is 30.3 Å². The minimum Gasteiger partial charge on any atom is -0.378 e. The van der Waals surface area contributed by atoms with Gasteiger partial charge in [-0.15, -0.1) is 0 Å². The van der Waals surface area contributed by atoms with Crippen molar-refractivity contribution in [3.63, 3.8) is 0 Å². The SMILES string of the molecule is CN(C)c1ccc(N2C(=O)CN(Cc3ccccc3)CC2=O)cc1. The van der Waals surface area contributed by atoms with Crippen LogP contribution in [0.4, 0.5) is 11.4 Å². The first-order valence-electron chi connectivity index (χ1n) is 7.94. The zero-order valence-electron chi connectivity index (χ0n) is 14.0. The lowest BCUT2D eigenvalue weighted by Crippen LogP contribution is -2.53. The van der Waals surface area contributed by atoms with Crippen LogP contribution in [0.15, 0.2) is 54.6 Å². The van der Waals surface area contributed by atoms with E-state index in [1.54, 1.807) is 0 Å². The highest BCUT2D eigenvalue weighted by Crippen LogP contribution is 2.22. The fourth-order valence-electron chi connectivity index (χ4n) is 2.86. The van der Waals surface area contributed by atoms with E-state index >= 15 is 0 Å². The summed E-state index contributed by atoms with van der Waals surface area (Å²) >= 11 is 0. The van der Waals surface area contributed by atoms with Crippen LogP contribution >= 0.6 is 0 Å². The van der Waals surface area contributed by atoms with Gasteiger partial charge in [0.1, 0.15) is 0 Å². The summed E-state index contributed by atoms with van der Waals surface area (Å²) in [6.45, 7) is 1.10. The van der Waals surface area contributed by atoms with Crippen molar-refractivity contribution in [1.29, 1.82) is 0 Å². The van der Waals surface area contributed by atoms with Crippen LogP contribution in [0.3, 0.4) is 0 Å². The Labute approximate surface area is 142 Å². The maximum Gasteiger partial charge on any atom is 0.247 e. The van der Waals surface area contributed by atoms with E-state index in [2.05, 4.69) is 0 Å². The Morgan fingerprint density at radius 2 is 1.46 bits per heavy atom. The van der Waals surface area contributed by atoms with Gasteiger partial charge < -0.3 is 4.90 Å². The fraction of sp³-hybridized carbons (Fsp3) is 0.263. The van der Waals surface area contributed by atoms with Crippen LogP contribution in [0.5, 0.6) is 0 Å². The number of hydrogen-bond acceptors (Lipinski definition) is 4. The van der Waals surface area contributed by atoms with Crippen molar-refractivity contribution in [3.05, 3.63) is 60.2 Å². The summed E-state index contributed by atoms with van der Waals surface area (Å²) in [6, 6.07) is 17.3. The molecule has 0 bridgehead atoms. The molecule has 0 N–H and O–H groups in total. The van der Waals surface area contributed by atoms with Crippen molar-refractivity contribution in [3.8, 4) is 0 Å². The first kappa shape index (κ1) is 16.2. The molecule has 124 valence electrons. The van der Waals surface area contributed by atoms with Crippen molar-refractivity contribution in [2.24, 2.45) is 0 Å². The summed E-state index contributed by atoms with van der Waals surface area (Å²) in [5.41, 5.74) is 2.76. The molecule has 2 aromatic carbocycles. The molecule has 0 radical (unpaired) electrons. The fourth-order valence-corrected chi connectivity index (χ4v) is 2.86. The lowest BCUT2D eigenvalue weighted by atomic mass is 10.1. The second kappa shape index (κ2) is 6.84. The van der Waals surface area contributed by atoms with Crippen LogP contribution in [-0.4, -0.2) is 43.9 Å².